The van der Waals surface area contributed by atoms with Crippen LogP contribution in [0.15, 0.2) is 21.1 Å². The quantitative estimate of drug-likeness (QED) is 0.818. The molecule has 0 bridgehead atoms. The zero-order valence-electron chi connectivity index (χ0n) is 8.32. The lowest BCUT2D eigenvalue weighted by Gasteiger charge is -2.11. The minimum absolute atomic E-state index is 0.307. The summed E-state index contributed by atoms with van der Waals surface area (Å²) in [5, 5.41) is 3.13. The van der Waals surface area contributed by atoms with Crippen LogP contribution in [0.1, 0.15) is 6.42 Å². The third-order valence-electron chi connectivity index (χ3n) is 1.87. The van der Waals surface area contributed by atoms with Crippen molar-refractivity contribution in [1.29, 1.82) is 0 Å². The van der Waals surface area contributed by atoms with Crippen LogP contribution in [0.2, 0.25) is 0 Å². The van der Waals surface area contributed by atoms with Crippen LogP contribution < -0.4 is 10.1 Å². The summed E-state index contributed by atoms with van der Waals surface area (Å²) >= 11 is 6.80. The van der Waals surface area contributed by atoms with Crippen molar-refractivity contribution in [3.63, 3.8) is 0 Å². The summed E-state index contributed by atoms with van der Waals surface area (Å²) in [7, 11) is 1.61. The number of hydrogen-bond acceptors (Lipinski definition) is 2. The molecule has 0 amide bonds. The van der Waals surface area contributed by atoms with Crippen molar-refractivity contribution in [2.75, 3.05) is 25.6 Å². The molecule has 0 radical (unpaired) electrons. The second-order valence-corrected chi connectivity index (χ2v) is 4.64. The Morgan fingerprint density at radius 1 is 1.33 bits per heavy atom. The fourth-order valence-corrected chi connectivity index (χ4v) is 2.41. The Hall–Kier alpha value is -0.290. The van der Waals surface area contributed by atoms with Gasteiger partial charge in [0.1, 0.15) is 5.75 Å². The summed E-state index contributed by atoms with van der Waals surface area (Å²) in [6.07, 6.45) is 0.505. The van der Waals surface area contributed by atoms with Gasteiger partial charge in [-0.15, -0.1) is 0 Å². The molecule has 0 aliphatic carbocycles. The maximum Gasteiger partial charge on any atom is 0.135 e. The lowest BCUT2D eigenvalue weighted by Crippen LogP contribution is -2.03. The number of rotatable bonds is 5. The number of anilines is 1. The van der Waals surface area contributed by atoms with Crippen molar-refractivity contribution in [3.05, 3.63) is 21.1 Å². The standard InChI is InChI=1S/C10H12Br2FNO/c1-15-10-6-9(14-4-2-3-13)7(11)5-8(10)12/h5-6,14H,2-4H2,1H3. The van der Waals surface area contributed by atoms with E-state index in [1.165, 1.54) is 0 Å². The molecule has 0 unspecified atom stereocenters. The topological polar surface area (TPSA) is 21.3 Å². The molecule has 1 aromatic carbocycles. The maximum absolute atomic E-state index is 11.9. The van der Waals surface area contributed by atoms with Gasteiger partial charge in [0.25, 0.3) is 0 Å². The normalized spacial score (nSPS) is 10.1. The third kappa shape index (κ3) is 3.65. The van der Waals surface area contributed by atoms with E-state index in [9.17, 15) is 4.39 Å². The zero-order valence-corrected chi connectivity index (χ0v) is 11.5. The van der Waals surface area contributed by atoms with Crippen LogP contribution in [0.4, 0.5) is 10.1 Å². The fourth-order valence-electron chi connectivity index (χ4n) is 1.11. The van der Waals surface area contributed by atoms with Gasteiger partial charge in [0.05, 0.1) is 23.9 Å². The number of halogens is 3. The molecule has 1 N–H and O–H groups in total. The summed E-state index contributed by atoms with van der Waals surface area (Å²) in [4.78, 5) is 0. The van der Waals surface area contributed by atoms with E-state index in [1.807, 2.05) is 12.1 Å². The lowest BCUT2D eigenvalue weighted by atomic mass is 10.3. The van der Waals surface area contributed by atoms with Gasteiger partial charge in [0, 0.05) is 17.1 Å². The van der Waals surface area contributed by atoms with E-state index in [0.717, 1.165) is 20.4 Å². The molecule has 15 heavy (non-hydrogen) atoms. The van der Waals surface area contributed by atoms with E-state index in [1.54, 1.807) is 7.11 Å². The first-order valence-corrected chi connectivity index (χ1v) is 6.10. The van der Waals surface area contributed by atoms with Crippen molar-refractivity contribution < 1.29 is 9.13 Å². The minimum Gasteiger partial charge on any atom is -0.495 e. The van der Waals surface area contributed by atoms with Gasteiger partial charge in [-0.25, -0.2) is 0 Å². The van der Waals surface area contributed by atoms with Gasteiger partial charge in [-0.1, -0.05) is 0 Å². The second kappa shape index (κ2) is 6.33. The molecule has 84 valence electrons. The molecular weight excluding hydrogens is 329 g/mol. The largest absolute Gasteiger partial charge is 0.495 e. The van der Waals surface area contributed by atoms with E-state index < -0.39 is 0 Å². The summed E-state index contributed by atoms with van der Waals surface area (Å²) in [6.45, 7) is 0.304. The highest BCUT2D eigenvalue weighted by Crippen LogP contribution is 2.34. The molecule has 0 aliphatic rings. The van der Waals surface area contributed by atoms with E-state index in [0.29, 0.717) is 13.0 Å². The highest BCUT2D eigenvalue weighted by atomic mass is 79.9. The zero-order chi connectivity index (χ0) is 11.3. The molecule has 0 heterocycles. The lowest BCUT2D eigenvalue weighted by molar-refractivity contribution is 0.412. The number of benzene rings is 1. The van der Waals surface area contributed by atoms with Crippen LogP contribution in [0.3, 0.4) is 0 Å². The van der Waals surface area contributed by atoms with Gasteiger partial charge in [-0.2, -0.15) is 0 Å². The Labute approximate surface area is 105 Å². The van der Waals surface area contributed by atoms with Crippen molar-refractivity contribution >= 4 is 37.5 Å². The number of hydrogen-bond donors (Lipinski definition) is 1. The monoisotopic (exact) mass is 339 g/mol. The predicted molar refractivity (Wildman–Crippen MR) is 67.5 cm³/mol. The molecule has 1 rings (SSSR count). The van der Waals surface area contributed by atoms with Crippen molar-refractivity contribution in [2.24, 2.45) is 0 Å². The van der Waals surface area contributed by atoms with E-state index in [-0.39, 0.29) is 6.67 Å². The van der Waals surface area contributed by atoms with Crippen LogP contribution in [0.5, 0.6) is 5.75 Å². The van der Waals surface area contributed by atoms with Crippen LogP contribution in [0, 0.1) is 0 Å². The molecule has 2 nitrogen and oxygen atoms in total. The van der Waals surface area contributed by atoms with Crippen LogP contribution >= 0.6 is 31.9 Å². The van der Waals surface area contributed by atoms with E-state index >= 15 is 0 Å². The van der Waals surface area contributed by atoms with E-state index in [2.05, 4.69) is 37.2 Å². The highest BCUT2D eigenvalue weighted by Gasteiger charge is 2.06. The minimum atomic E-state index is -0.307. The van der Waals surface area contributed by atoms with Gasteiger partial charge in [0.2, 0.25) is 0 Å². The molecule has 0 atom stereocenters. The fraction of sp³-hybridized carbons (Fsp3) is 0.400. The third-order valence-corrected chi connectivity index (χ3v) is 3.14. The molecule has 0 spiro atoms. The number of ether oxygens (including phenoxy) is 1. The Morgan fingerprint density at radius 3 is 2.67 bits per heavy atom. The first-order valence-electron chi connectivity index (χ1n) is 4.52. The first kappa shape index (κ1) is 12.8. The Bertz CT molecular complexity index is 333. The average Bonchev–Trinajstić information content (AvgIpc) is 2.21. The highest BCUT2D eigenvalue weighted by molar-refractivity contribution is 9.11. The Morgan fingerprint density at radius 2 is 2.07 bits per heavy atom. The smallest absolute Gasteiger partial charge is 0.135 e. The second-order valence-electron chi connectivity index (χ2n) is 2.94. The number of alkyl halides is 1. The SMILES string of the molecule is COc1cc(NCCCF)c(Br)cc1Br. The Kier molecular flexibility index (Phi) is 5.39. The Balaban J connectivity index is 2.78. The number of nitrogens with one attached hydrogen (secondary N) is 1. The summed E-state index contributed by atoms with van der Waals surface area (Å²) < 4.78 is 18.9. The molecule has 0 aromatic heterocycles. The number of methoxy groups -OCH3 is 1. The molecule has 0 aliphatic heterocycles. The summed E-state index contributed by atoms with van der Waals surface area (Å²) in [5.41, 5.74) is 0.906. The summed E-state index contributed by atoms with van der Waals surface area (Å²) in [5.74, 6) is 0.751. The average molecular weight is 341 g/mol. The molecule has 5 heteroatoms. The molecule has 0 fully saturated rings. The molecule has 0 saturated carbocycles. The van der Waals surface area contributed by atoms with Gasteiger partial charge in [-0.05, 0) is 44.3 Å². The van der Waals surface area contributed by atoms with Crippen LogP contribution in [-0.4, -0.2) is 20.3 Å². The van der Waals surface area contributed by atoms with Gasteiger partial charge in [0.15, 0.2) is 0 Å². The van der Waals surface area contributed by atoms with E-state index in [4.69, 9.17) is 4.74 Å². The van der Waals surface area contributed by atoms with Crippen molar-refractivity contribution in [1.82, 2.24) is 0 Å². The van der Waals surface area contributed by atoms with Crippen LogP contribution in [0.25, 0.3) is 0 Å². The van der Waals surface area contributed by atoms with Gasteiger partial charge < -0.3 is 10.1 Å². The van der Waals surface area contributed by atoms with Crippen molar-refractivity contribution in [3.8, 4) is 5.75 Å². The summed E-state index contributed by atoms with van der Waals surface area (Å²) in [6, 6.07) is 3.77. The molecular formula is C10H12Br2FNO. The molecule has 0 saturated heterocycles. The maximum atomic E-state index is 11.9. The molecule has 1 aromatic rings. The van der Waals surface area contributed by atoms with Gasteiger partial charge >= 0.3 is 0 Å². The van der Waals surface area contributed by atoms with Gasteiger partial charge in [-0.3, -0.25) is 4.39 Å². The van der Waals surface area contributed by atoms with Crippen molar-refractivity contribution in [2.45, 2.75) is 6.42 Å². The van der Waals surface area contributed by atoms with Crippen LogP contribution in [-0.2, 0) is 0 Å². The first-order chi connectivity index (χ1) is 7.19. The predicted octanol–water partition coefficient (Wildman–Crippen LogP) is 3.99.